The third kappa shape index (κ3) is 6.57. The molecule has 4 nitrogen and oxygen atoms in total. The molecule has 0 aromatic carbocycles. The van der Waals surface area contributed by atoms with Gasteiger partial charge in [-0.05, 0) is 6.42 Å². The number of ether oxygens (including phenoxy) is 1. The van der Waals surface area contributed by atoms with Crippen LogP contribution in [-0.4, -0.2) is 35.7 Å². The lowest BCUT2D eigenvalue weighted by Gasteiger charge is -2.19. The van der Waals surface area contributed by atoms with Crippen LogP contribution in [0.1, 0.15) is 19.8 Å². The van der Waals surface area contributed by atoms with E-state index in [1.165, 1.54) is 6.26 Å². The minimum Gasteiger partial charge on any atom is -0.498 e. The summed E-state index contributed by atoms with van der Waals surface area (Å²) in [4.78, 5) is 0. The van der Waals surface area contributed by atoms with Gasteiger partial charge in [0.25, 0.3) is 0 Å². The van der Waals surface area contributed by atoms with Gasteiger partial charge in [-0.2, -0.15) is 0 Å². The van der Waals surface area contributed by atoms with Gasteiger partial charge in [-0.15, -0.1) is 0 Å². The molecule has 0 aliphatic rings. The molecule has 1 unspecified atom stereocenters. The molecule has 0 aromatic heterocycles. The van der Waals surface area contributed by atoms with Gasteiger partial charge in [0.1, 0.15) is 12.8 Å². The fraction of sp³-hybridized carbons (Fsp3) is 0.778. The first-order chi connectivity index (χ1) is 6.24. The molecule has 0 saturated heterocycles. The Bertz CT molecular complexity index is 130. The van der Waals surface area contributed by atoms with Gasteiger partial charge in [0.2, 0.25) is 0 Å². The first kappa shape index (κ1) is 12.4. The molecule has 0 bridgehead atoms. The molecular formula is C9H19NO3. The molecule has 13 heavy (non-hydrogen) atoms. The SMILES string of the molecule is C=COCC(O)N[C@H](CO)CCC. The smallest absolute Gasteiger partial charge is 0.139 e. The zero-order valence-electron chi connectivity index (χ0n) is 8.07. The Morgan fingerprint density at radius 2 is 2.31 bits per heavy atom. The van der Waals surface area contributed by atoms with Gasteiger partial charge in [-0.1, -0.05) is 19.9 Å². The number of hydrogen-bond donors (Lipinski definition) is 3. The molecule has 0 radical (unpaired) electrons. The minimum absolute atomic E-state index is 0.0268. The van der Waals surface area contributed by atoms with Crippen molar-refractivity contribution >= 4 is 0 Å². The molecule has 0 spiro atoms. The van der Waals surface area contributed by atoms with Crippen LogP contribution in [0.3, 0.4) is 0 Å². The molecule has 0 saturated carbocycles. The number of hydrogen-bond acceptors (Lipinski definition) is 4. The van der Waals surface area contributed by atoms with E-state index in [9.17, 15) is 5.11 Å². The van der Waals surface area contributed by atoms with Crippen molar-refractivity contribution in [3.05, 3.63) is 12.8 Å². The van der Waals surface area contributed by atoms with E-state index in [1.54, 1.807) is 0 Å². The number of nitrogens with one attached hydrogen (secondary N) is 1. The van der Waals surface area contributed by atoms with Crippen molar-refractivity contribution in [3.8, 4) is 0 Å². The Hall–Kier alpha value is -0.580. The van der Waals surface area contributed by atoms with Gasteiger partial charge in [0.05, 0.1) is 12.9 Å². The lowest BCUT2D eigenvalue weighted by molar-refractivity contribution is 0.0410. The highest BCUT2D eigenvalue weighted by molar-refractivity contribution is 4.67. The van der Waals surface area contributed by atoms with Crippen LogP contribution in [-0.2, 0) is 4.74 Å². The molecule has 0 aromatic rings. The standard InChI is InChI=1S/C9H19NO3/c1-3-5-8(6-11)10-9(12)7-13-4-2/h4,8-12H,2-3,5-7H2,1H3/t8-,9?/m0/s1. The van der Waals surface area contributed by atoms with Gasteiger partial charge in [-0.25, -0.2) is 0 Å². The second-order valence-electron chi connectivity index (χ2n) is 2.85. The third-order valence-electron chi connectivity index (χ3n) is 1.66. The summed E-state index contributed by atoms with van der Waals surface area (Å²) in [5.41, 5.74) is 0. The zero-order chi connectivity index (χ0) is 10.1. The molecule has 3 N–H and O–H groups in total. The fourth-order valence-electron chi connectivity index (χ4n) is 1.06. The van der Waals surface area contributed by atoms with E-state index in [-0.39, 0.29) is 19.3 Å². The van der Waals surface area contributed by atoms with Gasteiger partial charge in [0, 0.05) is 6.04 Å². The van der Waals surface area contributed by atoms with Gasteiger partial charge < -0.3 is 14.9 Å². The second kappa shape index (κ2) is 8.04. The van der Waals surface area contributed by atoms with E-state index in [1.807, 2.05) is 6.92 Å². The van der Waals surface area contributed by atoms with Crippen LogP contribution in [0.15, 0.2) is 12.8 Å². The van der Waals surface area contributed by atoms with Crippen molar-refractivity contribution in [2.24, 2.45) is 0 Å². The number of rotatable bonds is 8. The summed E-state index contributed by atoms with van der Waals surface area (Å²) >= 11 is 0. The highest BCUT2D eigenvalue weighted by Gasteiger charge is 2.10. The van der Waals surface area contributed by atoms with E-state index in [4.69, 9.17) is 9.84 Å². The lowest BCUT2D eigenvalue weighted by Crippen LogP contribution is -2.42. The number of aliphatic hydroxyl groups excluding tert-OH is 2. The molecule has 0 fully saturated rings. The van der Waals surface area contributed by atoms with Crippen LogP contribution in [0.4, 0.5) is 0 Å². The van der Waals surface area contributed by atoms with Crippen molar-refractivity contribution in [3.63, 3.8) is 0 Å². The van der Waals surface area contributed by atoms with E-state index in [2.05, 4.69) is 11.9 Å². The Labute approximate surface area is 79.2 Å². The lowest BCUT2D eigenvalue weighted by atomic mass is 10.2. The van der Waals surface area contributed by atoms with Gasteiger partial charge in [0.15, 0.2) is 0 Å². The molecule has 4 heteroatoms. The van der Waals surface area contributed by atoms with Crippen molar-refractivity contribution in [2.45, 2.75) is 32.0 Å². The van der Waals surface area contributed by atoms with E-state index in [0.29, 0.717) is 0 Å². The molecule has 0 aliphatic carbocycles. The van der Waals surface area contributed by atoms with Gasteiger partial charge >= 0.3 is 0 Å². The molecule has 0 amide bonds. The first-order valence-electron chi connectivity index (χ1n) is 4.52. The molecule has 0 rings (SSSR count). The quantitative estimate of drug-likeness (QED) is 0.377. The zero-order valence-corrected chi connectivity index (χ0v) is 8.07. The van der Waals surface area contributed by atoms with Crippen molar-refractivity contribution in [2.75, 3.05) is 13.2 Å². The van der Waals surface area contributed by atoms with Crippen molar-refractivity contribution in [1.29, 1.82) is 0 Å². The first-order valence-corrected chi connectivity index (χ1v) is 4.52. The third-order valence-corrected chi connectivity index (χ3v) is 1.66. The molecular weight excluding hydrogens is 170 g/mol. The van der Waals surface area contributed by atoms with Crippen LogP contribution in [0, 0.1) is 0 Å². The van der Waals surface area contributed by atoms with E-state index in [0.717, 1.165) is 12.8 Å². The Morgan fingerprint density at radius 1 is 1.62 bits per heavy atom. The van der Waals surface area contributed by atoms with Crippen LogP contribution < -0.4 is 5.32 Å². The molecule has 78 valence electrons. The summed E-state index contributed by atoms with van der Waals surface area (Å²) in [5, 5.41) is 21.0. The van der Waals surface area contributed by atoms with Crippen molar-refractivity contribution in [1.82, 2.24) is 5.32 Å². The second-order valence-corrected chi connectivity index (χ2v) is 2.85. The topological polar surface area (TPSA) is 61.7 Å². The maximum atomic E-state index is 9.31. The maximum Gasteiger partial charge on any atom is 0.139 e. The summed E-state index contributed by atoms with van der Waals surface area (Å²) < 4.78 is 4.79. The normalized spacial score (nSPS) is 15.0. The monoisotopic (exact) mass is 189 g/mol. The summed E-state index contributed by atoms with van der Waals surface area (Å²) in [6, 6.07) is -0.0617. The molecule has 0 heterocycles. The average molecular weight is 189 g/mol. The molecule has 0 aliphatic heterocycles. The number of aliphatic hydroxyl groups is 2. The predicted octanol–water partition coefficient (Wildman–Crippen LogP) is 0.215. The maximum absolute atomic E-state index is 9.31. The van der Waals surface area contributed by atoms with Crippen LogP contribution >= 0.6 is 0 Å². The Morgan fingerprint density at radius 3 is 2.77 bits per heavy atom. The van der Waals surface area contributed by atoms with E-state index >= 15 is 0 Å². The van der Waals surface area contributed by atoms with Crippen LogP contribution in [0.5, 0.6) is 0 Å². The summed E-state index contributed by atoms with van der Waals surface area (Å²) in [6.07, 6.45) is 2.33. The average Bonchev–Trinajstić information content (AvgIpc) is 2.14. The fourth-order valence-corrected chi connectivity index (χ4v) is 1.06. The minimum atomic E-state index is -0.748. The highest BCUT2D eigenvalue weighted by Crippen LogP contribution is 1.96. The van der Waals surface area contributed by atoms with Gasteiger partial charge in [-0.3, -0.25) is 5.32 Å². The van der Waals surface area contributed by atoms with Crippen LogP contribution in [0.25, 0.3) is 0 Å². The van der Waals surface area contributed by atoms with Crippen LogP contribution in [0.2, 0.25) is 0 Å². The largest absolute Gasteiger partial charge is 0.498 e. The Balaban J connectivity index is 3.58. The Kier molecular flexibility index (Phi) is 7.68. The predicted molar refractivity (Wildman–Crippen MR) is 51.1 cm³/mol. The molecule has 2 atom stereocenters. The summed E-state index contributed by atoms with van der Waals surface area (Å²) in [5.74, 6) is 0. The highest BCUT2D eigenvalue weighted by atomic mass is 16.5. The van der Waals surface area contributed by atoms with Crippen molar-refractivity contribution < 1.29 is 14.9 Å². The van der Waals surface area contributed by atoms with E-state index < -0.39 is 6.23 Å². The summed E-state index contributed by atoms with van der Waals surface area (Å²) in [7, 11) is 0. The summed E-state index contributed by atoms with van der Waals surface area (Å²) in [6.45, 7) is 5.57.